The second kappa shape index (κ2) is 6.08. The van der Waals surface area contributed by atoms with Crippen molar-refractivity contribution in [1.29, 1.82) is 0 Å². The number of hydrogen-bond donors (Lipinski definition) is 1. The molecule has 5 heteroatoms. The van der Waals surface area contributed by atoms with Crippen molar-refractivity contribution in [2.24, 2.45) is 4.99 Å². The van der Waals surface area contributed by atoms with Gasteiger partial charge in [-0.15, -0.1) is 0 Å². The number of carbonyl (C=O) groups is 1. The topological polar surface area (TPSA) is 68.1 Å². The minimum atomic E-state index is -0.908. The van der Waals surface area contributed by atoms with Crippen LogP contribution in [0.3, 0.4) is 0 Å². The van der Waals surface area contributed by atoms with Gasteiger partial charge in [-0.1, -0.05) is 0 Å². The van der Waals surface area contributed by atoms with Crippen molar-refractivity contribution in [1.82, 2.24) is 0 Å². The van der Waals surface area contributed by atoms with Crippen molar-refractivity contribution in [2.75, 3.05) is 13.2 Å². The Labute approximate surface area is 130 Å². The third kappa shape index (κ3) is 2.86. The summed E-state index contributed by atoms with van der Waals surface area (Å²) in [5, 5.41) is 8.70. The smallest absolute Gasteiger partial charge is 0.329 e. The van der Waals surface area contributed by atoms with Crippen LogP contribution >= 0.6 is 0 Å². The summed E-state index contributed by atoms with van der Waals surface area (Å²) in [5.74, 6) is -0.0233. The van der Waals surface area contributed by atoms with E-state index in [9.17, 15) is 4.79 Å². The van der Waals surface area contributed by atoms with Crippen LogP contribution < -0.4 is 4.74 Å². The van der Waals surface area contributed by atoms with E-state index in [1.165, 1.54) is 5.56 Å². The Morgan fingerprint density at radius 3 is 2.86 bits per heavy atom. The molecule has 1 aromatic rings. The predicted molar refractivity (Wildman–Crippen MR) is 83.3 cm³/mol. The molecule has 1 saturated carbocycles. The molecule has 0 amide bonds. The number of carboxylic acid groups (broad SMARTS) is 1. The summed E-state index contributed by atoms with van der Waals surface area (Å²) in [4.78, 5) is 15.2. The van der Waals surface area contributed by atoms with Gasteiger partial charge in [0.1, 0.15) is 12.4 Å². The van der Waals surface area contributed by atoms with Gasteiger partial charge < -0.3 is 14.6 Å². The first-order valence-corrected chi connectivity index (χ1v) is 7.79. The second-order valence-electron chi connectivity index (χ2n) is 5.93. The van der Waals surface area contributed by atoms with Gasteiger partial charge in [0, 0.05) is 11.6 Å². The van der Waals surface area contributed by atoms with E-state index < -0.39 is 5.97 Å². The highest BCUT2D eigenvalue weighted by atomic mass is 16.5. The van der Waals surface area contributed by atoms with Gasteiger partial charge in [0.25, 0.3) is 0 Å². The number of rotatable bonds is 5. The largest absolute Gasteiger partial charge is 0.494 e. The Kier molecular flexibility index (Phi) is 4.16. The van der Waals surface area contributed by atoms with E-state index in [4.69, 9.17) is 14.6 Å². The summed E-state index contributed by atoms with van der Waals surface area (Å²) in [6.45, 7) is 2.42. The molecule has 0 saturated heterocycles. The predicted octanol–water partition coefficient (Wildman–Crippen LogP) is 3.08. The van der Waals surface area contributed by atoms with Crippen LogP contribution in [0.2, 0.25) is 0 Å². The maximum Gasteiger partial charge on any atom is 0.329 e. The zero-order valence-corrected chi connectivity index (χ0v) is 12.7. The number of nitrogens with zero attached hydrogens (tertiary/aromatic N) is 1. The number of ether oxygens (including phenoxy) is 2. The molecular formula is C17H21NO4. The van der Waals surface area contributed by atoms with Crippen LogP contribution in [0.25, 0.3) is 0 Å². The third-order valence-corrected chi connectivity index (χ3v) is 4.53. The van der Waals surface area contributed by atoms with Crippen LogP contribution in [0.5, 0.6) is 5.75 Å². The molecule has 3 rings (SSSR count). The van der Waals surface area contributed by atoms with Crippen LogP contribution in [0.15, 0.2) is 23.2 Å². The third-order valence-electron chi connectivity index (χ3n) is 4.53. The molecule has 1 aliphatic heterocycles. The Hall–Kier alpha value is -1.88. The monoisotopic (exact) mass is 303 g/mol. The van der Waals surface area contributed by atoms with E-state index in [1.807, 2.05) is 19.1 Å². The molecule has 1 aliphatic carbocycles. The lowest BCUT2D eigenvalue weighted by Gasteiger charge is -2.35. The summed E-state index contributed by atoms with van der Waals surface area (Å²) in [6, 6.07) is 6.07. The molecule has 0 radical (unpaired) electrons. The zero-order chi connectivity index (χ0) is 15.6. The number of hydrogen-bond acceptors (Lipinski definition) is 4. The van der Waals surface area contributed by atoms with Crippen LogP contribution in [0, 0.1) is 0 Å². The molecule has 5 nitrogen and oxygen atoms in total. The Bertz CT molecular complexity index is 588. The lowest BCUT2D eigenvalue weighted by molar-refractivity contribution is -0.145. The molecule has 1 N–H and O–H groups in total. The fourth-order valence-electron chi connectivity index (χ4n) is 3.41. The van der Waals surface area contributed by atoms with Crippen LogP contribution in [0.1, 0.15) is 38.2 Å². The van der Waals surface area contributed by atoms with E-state index in [0.717, 1.165) is 37.1 Å². The second-order valence-corrected chi connectivity index (χ2v) is 5.93. The highest BCUT2D eigenvalue weighted by Gasteiger charge is 2.40. The van der Waals surface area contributed by atoms with Crippen molar-refractivity contribution in [3.8, 4) is 5.75 Å². The maximum absolute atomic E-state index is 10.6. The highest BCUT2D eigenvalue weighted by molar-refractivity contribution is 5.85. The normalized spacial score (nSPS) is 26.1. The molecule has 1 fully saturated rings. The van der Waals surface area contributed by atoms with Crippen LogP contribution in [-0.2, 0) is 14.9 Å². The molecule has 2 aliphatic rings. The average Bonchev–Trinajstić information content (AvgIpc) is 2.86. The summed E-state index contributed by atoms with van der Waals surface area (Å²) >= 11 is 0. The van der Waals surface area contributed by atoms with E-state index in [1.54, 1.807) is 0 Å². The number of aliphatic imine (C=N–C) groups is 1. The van der Waals surface area contributed by atoms with Gasteiger partial charge in [0.15, 0.2) is 0 Å². The molecule has 0 bridgehead atoms. The Morgan fingerprint density at radius 1 is 1.41 bits per heavy atom. The lowest BCUT2D eigenvalue weighted by Crippen LogP contribution is -2.35. The van der Waals surface area contributed by atoms with Gasteiger partial charge in [-0.2, -0.15) is 0 Å². The fraction of sp³-hybridized carbons (Fsp3) is 0.529. The first-order chi connectivity index (χ1) is 10.6. The number of fused-ring (bicyclic) bond motifs is 2. The maximum atomic E-state index is 10.6. The molecule has 1 spiro atoms. The van der Waals surface area contributed by atoms with Crippen molar-refractivity contribution >= 4 is 17.9 Å². The van der Waals surface area contributed by atoms with E-state index in [0.29, 0.717) is 6.61 Å². The average molecular weight is 303 g/mol. The van der Waals surface area contributed by atoms with E-state index in [-0.39, 0.29) is 18.1 Å². The van der Waals surface area contributed by atoms with E-state index >= 15 is 0 Å². The van der Waals surface area contributed by atoms with Crippen molar-refractivity contribution in [2.45, 2.75) is 44.1 Å². The highest BCUT2D eigenvalue weighted by Crippen LogP contribution is 2.47. The molecule has 0 atom stereocenters. The summed E-state index contributed by atoms with van der Waals surface area (Å²) in [7, 11) is 0. The first-order valence-electron chi connectivity index (χ1n) is 7.79. The lowest BCUT2D eigenvalue weighted by atomic mass is 9.70. The van der Waals surface area contributed by atoms with Crippen LogP contribution in [0.4, 0.5) is 5.69 Å². The fourth-order valence-corrected chi connectivity index (χ4v) is 3.41. The van der Waals surface area contributed by atoms with Gasteiger partial charge in [-0.05, 0) is 56.4 Å². The Morgan fingerprint density at radius 2 is 2.18 bits per heavy atom. The number of carboxylic acids is 1. The van der Waals surface area contributed by atoms with Crippen LogP contribution in [-0.4, -0.2) is 36.6 Å². The molecule has 1 aromatic carbocycles. The standard InChI is InChI=1S/C17H21NO4/c1-2-21-13-3-4-15-14(9-13)17(11-18-15)7-5-12(6-8-17)22-10-16(19)20/h3-4,9,11-12H,2,5-8,10H2,1H3,(H,19,20). The number of aliphatic carboxylic acids is 1. The van der Waals surface area contributed by atoms with Gasteiger partial charge in [0.05, 0.1) is 18.4 Å². The van der Waals surface area contributed by atoms with Crippen molar-refractivity contribution in [3.05, 3.63) is 23.8 Å². The molecular weight excluding hydrogens is 282 g/mol. The van der Waals surface area contributed by atoms with Crippen molar-refractivity contribution < 1.29 is 19.4 Å². The van der Waals surface area contributed by atoms with Crippen molar-refractivity contribution in [3.63, 3.8) is 0 Å². The Balaban J connectivity index is 1.71. The van der Waals surface area contributed by atoms with Gasteiger partial charge in [-0.3, -0.25) is 4.99 Å². The molecule has 0 unspecified atom stereocenters. The summed E-state index contributed by atoms with van der Waals surface area (Å²) < 4.78 is 11.0. The molecule has 118 valence electrons. The van der Waals surface area contributed by atoms with Gasteiger partial charge >= 0.3 is 5.97 Å². The summed E-state index contributed by atoms with van der Waals surface area (Å²) in [5.41, 5.74) is 2.22. The summed E-state index contributed by atoms with van der Waals surface area (Å²) in [6.07, 6.45) is 5.68. The minimum absolute atomic E-state index is 0.0362. The quantitative estimate of drug-likeness (QED) is 0.907. The minimum Gasteiger partial charge on any atom is -0.494 e. The SMILES string of the molecule is CCOc1ccc2c(c1)C1(C=N2)CCC(OCC(=O)O)CC1. The van der Waals surface area contributed by atoms with Gasteiger partial charge in [-0.25, -0.2) is 4.79 Å². The molecule has 0 aromatic heterocycles. The molecule has 22 heavy (non-hydrogen) atoms. The molecule has 1 heterocycles. The first kappa shape index (κ1) is 15.0. The van der Waals surface area contributed by atoms with E-state index in [2.05, 4.69) is 17.3 Å². The number of benzene rings is 1. The van der Waals surface area contributed by atoms with Gasteiger partial charge in [0.2, 0.25) is 0 Å². The zero-order valence-electron chi connectivity index (χ0n) is 12.7.